The van der Waals surface area contributed by atoms with E-state index in [1.807, 2.05) is 41.8 Å². The third kappa shape index (κ3) is 4.55. The predicted octanol–water partition coefficient (Wildman–Crippen LogP) is 3.09. The molecule has 0 aliphatic carbocycles. The van der Waals surface area contributed by atoms with Crippen LogP contribution in [0.4, 0.5) is 0 Å². The molecule has 0 aromatic heterocycles. The lowest BCUT2D eigenvalue weighted by molar-refractivity contribution is 0.242. The number of nitrogens with one attached hydrogen (secondary N) is 1. The van der Waals surface area contributed by atoms with Crippen molar-refractivity contribution in [1.29, 1.82) is 0 Å². The normalized spacial score (nSPS) is 13.0. The zero-order chi connectivity index (χ0) is 18.2. The van der Waals surface area contributed by atoms with Gasteiger partial charge in [-0.3, -0.25) is 0 Å². The Morgan fingerprint density at radius 1 is 0.870 bits per heavy atom. The average Bonchev–Trinajstić information content (AvgIpc) is 2.40. The molecule has 0 atom stereocenters. The van der Waals surface area contributed by atoms with E-state index in [1.54, 1.807) is 0 Å². The number of benzene rings is 1. The average molecular weight is 341 g/mol. The molecule has 0 amide bonds. The SMILES string of the molecule is Cc1c(C)c(C)c(S(=O)(=O)NCC(C)(C)CN(C)C)c(C)c1C. The molecular formula is C18H32N2O2S. The van der Waals surface area contributed by atoms with Gasteiger partial charge in [0, 0.05) is 13.1 Å². The van der Waals surface area contributed by atoms with Crippen LogP contribution in [0.3, 0.4) is 0 Å². The van der Waals surface area contributed by atoms with Crippen LogP contribution in [-0.4, -0.2) is 40.5 Å². The highest BCUT2D eigenvalue weighted by Gasteiger charge is 2.27. The van der Waals surface area contributed by atoms with Gasteiger partial charge in [0.2, 0.25) is 10.0 Å². The molecule has 132 valence electrons. The van der Waals surface area contributed by atoms with Crippen LogP contribution < -0.4 is 4.72 Å². The molecule has 0 fully saturated rings. The van der Waals surface area contributed by atoms with Crippen LogP contribution in [0.15, 0.2) is 4.90 Å². The summed E-state index contributed by atoms with van der Waals surface area (Å²) in [5.41, 5.74) is 4.86. The maximum atomic E-state index is 12.9. The quantitative estimate of drug-likeness (QED) is 0.866. The summed E-state index contributed by atoms with van der Waals surface area (Å²) >= 11 is 0. The van der Waals surface area contributed by atoms with Crippen LogP contribution in [0, 0.1) is 40.0 Å². The molecular weight excluding hydrogens is 308 g/mol. The molecule has 0 heterocycles. The second-order valence-corrected chi connectivity index (χ2v) is 9.38. The van der Waals surface area contributed by atoms with Crippen LogP contribution >= 0.6 is 0 Å². The lowest BCUT2D eigenvalue weighted by Crippen LogP contribution is -2.40. The predicted molar refractivity (Wildman–Crippen MR) is 97.7 cm³/mol. The number of rotatable bonds is 6. The van der Waals surface area contributed by atoms with Gasteiger partial charge < -0.3 is 4.90 Å². The highest BCUT2D eigenvalue weighted by Crippen LogP contribution is 2.29. The first-order chi connectivity index (χ1) is 10.3. The molecule has 5 heteroatoms. The van der Waals surface area contributed by atoms with E-state index in [1.165, 1.54) is 5.56 Å². The van der Waals surface area contributed by atoms with Crippen molar-refractivity contribution in [2.45, 2.75) is 53.4 Å². The summed E-state index contributed by atoms with van der Waals surface area (Å²) in [6.07, 6.45) is 0. The largest absolute Gasteiger partial charge is 0.309 e. The Hall–Kier alpha value is -0.910. The van der Waals surface area contributed by atoms with Crippen molar-refractivity contribution in [2.75, 3.05) is 27.2 Å². The zero-order valence-electron chi connectivity index (χ0n) is 16.1. The molecule has 0 saturated heterocycles. The van der Waals surface area contributed by atoms with E-state index in [9.17, 15) is 8.42 Å². The molecule has 0 spiro atoms. The minimum Gasteiger partial charge on any atom is -0.309 e. The topological polar surface area (TPSA) is 49.4 Å². The van der Waals surface area contributed by atoms with Crippen LogP contribution in [0.25, 0.3) is 0 Å². The Bertz CT molecular complexity index is 660. The molecule has 23 heavy (non-hydrogen) atoms. The summed E-state index contributed by atoms with van der Waals surface area (Å²) < 4.78 is 28.6. The lowest BCUT2D eigenvalue weighted by Gasteiger charge is -2.29. The van der Waals surface area contributed by atoms with Crippen LogP contribution in [0.5, 0.6) is 0 Å². The number of nitrogens with zero attached hydrogens (tertiary/aromatic N) is 1. The van der Waals surface area contributed by atoms with Crippen molar-refractivity contribution in [3.05, 3.63) is 27.8 Å². The van der Waals surface area contributed by atoms with Gasteiger partial charge in [-0.2, -0.15) is 0 Å². The van der Waals surface area contributed by atoms with Gasteiger partial charge in [0.1, 0.15) is 0 Å². The molecule has 0 aliphatic heterocycles. The van der Waals surface area contributed by atoms with E-state index in [-0.39, 0.29) is 5.41 Å². The Balaban J connectivity index is 3.21. The second-order valence-electron chi connectivity index (χ2n) is 7.68. The molecule has 1 aromatic carbocycles. The first kappa shape index (κ1) is 20.1. The summed E-state index contributed by atoms with van der Waals surface area (Å²) in [6, 6.07) is 0. The summed E-state index contributed by atoms with van der Waals surface area (Å²) in [4.78, 5) is 2.52. The Labute approximate surface area is 142 Å². The van der Waals surface area contributed by atoms with Crippen molar-refractivity contribution in [3.63, 3.8) is 0 Å². The molecule has 0 aliphatic rings. The van der Waals surface area contributed by atoms with E-state index in [0.29, 0.717) is 11.4 Å². The number of hydrogen-bond donors (Lipinski definition) is 1. The fourth-order valence-corrected chi connectivity index (χ4v) is 4.98. The third-order valence-electron chi connectivity index (χ3n) is 4.68. The Kier molecular flexibility index (Phi) is 6.05. The van der Waals surface area contributed by atoms with Crippen LogP contribution in [0.2, 0.25) is 0 Å². The van der Waals surface area contributed by atoms with Gasteiger partial charge in [-0.25, -0.2) is 13.1 Å². The maximum Gasteiger partial charge on any atom is 0.241 e. The fraction of sp³-hybridized carbons (Fsp3) is 0.667. The summed E-state index contributed by atoms with van der Waals surface area (Å²) in [5.74, 6) is 0. The third-order valence-corrected chi connectivity index (χ3v) is 6.36. The number of hydrogen-bond acceptors (Lipinski definition) is 3. The van der Waals surface area contributed by atoms with E-state index >= 15 is 0 Å². The number of sulfonamides is 1. The van der Waals surface area contributed by atoms with Crippen LogP contribution in [-0.2, 0) is 10.0 Å². The zero-order valence-corrected chi connectivity index (χ0v) is 16.9. The Morgan fingerprint density at radius 2 is 1.26 bits per heavy atom. The van der Waals surface area contributed by atoms with Gasteiger partial charge in [-0.15, -0.1) is 0 Å². The van der Waals surface area contributed by atoms with Crippen LogP contribution in [0.1, 0.15) is 41.7 Å². The second kappa shape index (κ2) is 6.91. The maximum absolute atomic E-state index is 12.9. The van der Waals surface area contributed by atoms with E-state index in [0.717, 1.165) is 28.8 Å². The molecule has 0 radical (unpaired) electrons. The molecule has 1 aromatic rings. The highest BCUT2D eigenvalue weighted by molar-refractivity contribution is 7.89. The lowest BCUT2D eigenvalue weighted by atomic mass is 9.93. The van der Waals surface area contributed by atoms with Gasteiger partial charge in [0.25, 0.3) is 0 Å². The van der Waals surface area contributed by atoms with Crippen molar-refractivity contribution >= 4 is 10.0 Å². The van der Waals surface area contributed by atoms with E-state index in [4.69, 9.17) is 0 Å². The van der Waals surface area contributed by atoms with Crippen molar-refractivity contribution < 1.29 is 8.42 Å². The molecule has 0 bridgehead atoms. The van der Waals surface area contributed by atoms with Gasteiger partial charge in [-0.1, -0.05) is 13.8 Å². The highest BCUT2D eigenvalue weighted by atomic mass is 32.2. The standard InChI is InChI=1S/C18H32N2O2S/c1-12-13(2)15(4)17(16(5)14(12)3)23(21,22)19-10-18(6,7)11-20(8)9/h19H,10-11H2,1-9H3. The summed E-state index contributed by atoms with van der Waals surface area (Å²) in [6.45, 7) is 15.2. The smallest absolute Gasteiger partial charge is 0.241 e. The summed E-state index contributed by atoms with van der Waals surface area (Å²) in [7, 11) is 0.474. The van der Waals surface area contributed by atoms with E-state index in [2.05, 4.69) is 30.4 Å². The van der Waals surface area contributed by atoms with Crippen molar-refractivity contribution in [3.8, 4) is 0 Å². The van der Waals surface area contributed by atoms with Gasteiger partial charge >= 0.3 is 0 Å². The van der Waals surface area contributed by atoms with E-state index < -0.39 is 10.0 Å². The molecule has 4 nitrogen and oxygen atoms in total. The summed E-state index contributed by atoms with van der Waals surface area (Å²) in [5, 5.41) is 0. The monoisotopic (exact) mass is 340 g/mol. The first-order valence-corrected chi connectivity index (χ1v) is 9.50. The molecule has 1 N–H and O–H groups in total. The minimum absolute atomic E-state index is 0.132. The van der Waals surface area contributed by atoms with Gasteiger partial charge in [0.15, 0.2) is 0 Å². The molecule has 0 saturated carbocycles. The molecule has 0 unspecified atom stereocenters. The fourth-order valence-electron chi connectivity index (χ4n) is 3.14. The Morgan fingerprint density at radius 3 is 1.65 bits per heavy atom. The van der Waals surface area contributed by atoms with Crippen molar-refractivity contribution in [1.82, 2.24) is 9.62 Å². The van der Waals surface area contributed by atoms with Crippen molar-refractivity contribution in [2.24, 2.45) is 5.41 Å². The molecule has 1 rings (SSSR count). The minimum atomic E-state index is -3.52. The first-order valence-electron chi connectivity index (χ1n) is 8.01. The van der Waals surface area contributed by atoms with Gasteiger partial charge in [-0.05, 0) is 81.9 Å². The van der Waals surface area contributed by atoms with Gasteiger partial charge in [0.05, 0.1) is 4.90 Å².